The van der Waals surface area contributed by atoms with Gasteiger partial charge < -0.3 is 30.1 Å². The van der Waals surface area contributed by atoms with Gasteiger partial charge in [-0.05, 0) is 54.1 Å². The summed E-state index contributed by atoms with van der Waals surface area (Å²) in [6, 6.07) is 10.2. The maximum Gasteiger partial charge on any atom is 0.330 e. The molecule has 0 spiro atoms. The van der Waals surface area contributed by atoms with Gasteiger partial charge in [0.1, 0.15) is 51.6 Å². The number of aromatic nitrogens is 2. The molecule has 4 aromatic rings. The maximum atomic E-state index is 14.7. The minimum Gasteiger partial charge on any atom is -0.496 e. The van der Waals surface area contributed by atoms with Gasteiger partial charge in [-0.3, -0.25) is 9.59 Å². The summed E-state index contributed by atoms with van der Waals surface area (Å²) in [6.07, 6.45) is 1.13. The second-order valence-corrected chi connectivity index (χ2v) is 16.2. The number of para-hydroxylation sites is 1. The minimum atomic E-state index is -1.50. The quantitative estimate of drug-likeness (QED) is 0.0935. The summed E-state index contributed by atoms with van der Waals surface area (Å²) >= 11 is 1.49. The number of nitroso groups, excluding NO2 is 1. The highest BCUT2D eigenvalue weighted by molar-refractivity contribution is 7.13. The smallest absolute Gasteiger partial charge is 0.330 e. The van der Waals surface area contributed by atoms with Crippen LogP contribution in [-0.4, -0.2) is 75.1 Å². The van der Waals surface area contributed by atoms with Crippen LogP contribution in [-0.2, 0) is 14.4 Å². The fourth-order valence-electron chi connectivity index (χ4n) is 6.99. The Morgan fingerprint density at radius 2 is 1.89 bits per heavy atom. The lowest BCUT2D eigenvalue weighted by atomic mass is 9.85. The van der Waals surface area contributed by atoms with Crippen LogP contribution in [0.3, 0.4) is 0 Å². The number of rotatable bonds is 13. The Labute approximate surface area is 318 Å². The standard InChI is InChI=1S/C40H46N6O7S/c1-9-23-18-40(23,38(49)50)44-35(47)30-16-24(19-46(30)37(48)34(39(5,6)7)42-26-12-10-11-13-27(26)45-51)53-32-17-28(36-43-29(20-54-36)21(2)3)41-33-22(4)31(52-8)15-14-25(32)33/h9-15,17,20-21,23-24,30,34,42H,1,16,18-19H2,2-8H3,(H,44,47)(H,49,50)/t23-,24-,30+,34-,40-/m1/s1. The predicted octanol–water partition coefficient (Wildman–Crippen LogP) is 7.22. The van der Waals surface area contributed by atoms with E-state index in [-0.39, 0.29) is 31.0 Å². The van der Waals surface area contributed by atoms with E-state index in [4.69, 9.17) is 19.4 Å². The number of carbonyl (C=O) groups excluding carboxylic acids is 2. The number of fused-ring (bicyclic) bond motifs is 1. The topological polar surface area (TPSA) is 172 Å². The summed E-state index contributed by atoms with van der Waals surface area (Å²) in [7, 11) is 1.60. The second kappa shape index (κ2) is 14.8. The van der Waals surface area contributed by atoms with Gasteiger partial charge in [0.05, 0.1) is 30.6 Å². The van der Waals surface area contributed by atoms with E-state index in [1.54, 1.807) is 31.4 Å². The van der Waals surface area contributed by atoms with Crippen molar-refractivity contribution in [3.05, 3.63) is 76.7 Å². The zero-order valence-electron chi connectivity index (χ0n) is 31.5. The number of hydrogen-bond acceptors (Lipinski definition) is 11. The van der Waals surface area contributed by atoms with Crippen LogP contribution < -0.4 is 20.1 Å². The largest absolute Gasteiger partial charge is 0.496 e. The Bertz CT molecular complexity index is 2130. The van der Waals surface area contributed by atoms with Crippen molar-refractivity contribution in [3.8, 4) is 22.2 Å². The molecular formula is C40H46N6O7S. The monoisotopic (exact) mass is 754 g/mol. The molecule has 3 N–H and O–H groups in total. The third-order valence-corrected chi connectivity index (χ3v) is 11.2. The van der Waals surface area contributed by atoms with Crippen LogP contribution in [0.25, 0.3) is 21.6 Å². The number of carboxylic acids is 1. The van der Waals surface area contributed by atoms with E-state index in [2.05, 4.69) is 36.2 Å². The van der Waals surface area contributed by atoms with Crippen molar-refractivity contribution >= 4 is 51.4 Å². The Kier molecular flexibility index (Phi) is 10.5. The highest BCUT2D eigenvalue weighted by atomic mass is 32.1. The predicted molar refractivity (Wildman–Crippen MR) is 208 cm³/mol. The number of amides is 2. The molecule has 1 saturated carbocycles. The summed E-state index contributed by atoms with van der Waals surface area (Å²) in [4.78, 5) is 64.2. The molecule has 1 aliphatic carbocycles. The number of benzene rings is 2. The van der Waals surface area contributed by atoms with Crippen LogP contribution in [0, 0.1) is 23.2 Å². The van der Waals surface area contributed by atoms with E-state index in [1.807, 2.05) is 51.3 Å². The number of carbonyl (C=O) groups is 3. The minimum absolute atomic E-state index is 0.0206. The van der Waals surface area contributed by atoms with Gasteiger partial charge in [-0.1, -0.05) is 52.8 Å². The van der Waals surface area contributed by atoms with Gasteiger partial charge in [-0.2, -0.15) is 0 Å². The van der Waals surface area contributed by atoms with E-state index in [0.717, 1.165) is 16.3 Å². The fourth-order valence-corrected chi connectivity index (χ4v) is 7.94. The first kappa shape index (κ1) is 38.4. The molecule has 0 unspecified atom stereocenters. The van der Waals surface area contributed by atoms with Crippen LogP contribution in [0.1, 0.15) is 64.6 Å². The molecule has 5 atom stereocenters. The number of methoxy groups -OCH3 is 1. The number of carboxylic acid groups (broad SMARTS) is 1. The third kappa shape index (κ3) is 7.26. The Morgan fingerprint density at radius 3 is 2.50 bits per heavy atom. The summed E-state index contributed by atoms with van der Waals surface area (Å²) in [5.74, 6) is -1.25. The number of anilines is 1. The zero-order chi connectivity index (χ0) is 39.1. The van der Waals surface area contributed by atoms with E-state index >= 15 is 0 Å². The molecule has 2 fully saturated rings. The molecule has 54 heavy (non-hydrogen) atoms. The van der Waals surface area contributed by atoms with Gasteiger partial charge in [0.15, 0.2) is 0 Å². The van der Waals surface area contributed by atoms with Crippen LogP contribution in [0.5, 0.6) is 11.5 Å². The van der Waals surface area contributed by atoms with Crippen LogP contribution in [0.4, 0.5) is 11.4 Å². The molecule has 1 saturated heterocycles. The van der Waals surface area contributed by atoms with Crippen molar-refractivity contribution in [1.82, 2.24) is 20.2 Å². The highest BCUT2D eigenvalue weighted by Crippen LogP contribution is 2.45. The van der Waals surface area contributed by atoms with Crippen molar-refractivity contribution in [2.24, 2.45) is 16.5 Å². The summed E-state index contributed by atoms with van der Waals surface area (Å²) < 4.78 is 12.4. The average molecular weight is 755 g/mol. The SMILES string of the molecule is C=C[C@@H]1C[C@]1(NC(=O)[C@@H]1C[C@@H](Oc2cc(-c3nc(C(C)C)cs3)nc3c(C)c(OC)ccc23)CN1C(=O)[C@@H](Nc1ccccc1N=O)C(C)(C)C)C(=O)O. The average Bonchev–Trinajstić information content (AvgIpc) is 3.42. The first-order valence-corrected chi connectivity index (χ1v) is 18.8. The molecule has 14 heteroatoms. The van der Waals surface area contributed by atoms with Crippen molar-refractivity contribution in [1.29, 1.82) is 0 Å². The van der Waals surface area contributed by atoms with Crippen molar-refractivity contribution in [3.63, 3.8) is 0 Å². The lowest BCUT2D eigenvalue weighted by molar-refractivity contribution is -0.145. The van der Waals surface area contributed by atoms with Gasteiger partial charge in [0, 0.05) is 34.7 Å². The molecule has 284 valence electrons. The van der Waals surface area contributed by atoms with E-state index in [1.165, 1.54) is 22.3 Å². The number of hydrogen-bond donors (Lipinski definition) is 3. The highest BCUT2D eigenvalue weighted by Gasteiger charge is 2.61. The first-order valence-electron chi connectivity index (χ1n) is 17.9. The molecular weight excluding hydrogens is 709 g/mol. The Hall–Kier alpha value is -5.37. The first-order chi connectivity index (χ1) is 25.6. The van der Waals surface area contributed by atoms with Gasteiger partial charge in [0.2, 0.25) is 11.8 Å². The lowest BCUT2D eigenvalue weighted by Crippen LogP contribution is -2.56. The molecule has 2 aliphatic rings. The molecule has 0 bridgehead atoms. The number of pyridine rings is 1. The third-order valence-electron chi connectivity index (χ3n) is 10.3. The van der Waals surface area contributed by atoms with Crippen LogP contribution in [0.15, 0.2) is 65.7 Å². The fraction of sp³-hybridized carbons (Fsp3) is 0.425. The molecule has 2 aromatic carbocycles. The van der Waals surface area contributed by atoms with Crippen molar-refractivity contribution in [2.45, 2.75) is 84.0 Å². The number of thiazole rings is 1. The number of nitrogens with zero attached hydrogens (tertiary/aromatic N) is 4. The molecule has 6 rings (SSSR count). The number of likely N-dealkylation sites (tertiary alicyclic amines) is 1. The summed E-state index contributed by atoms with van der Waals surface area (Å²) in [5.41, 5.74) is 1.34. The van der Waals surface area contributed by atoms with Crippen LogP contribution in [0.2, 0.25) is 0 Å². The number of ether oxygens (including phenoxy) is 2. The van der Waals surface area contributed by atoms with Crippen LogP contribution >= 0.6 is 11.3 Å². The van der Waals surface area contributed by atoms with Gasteiger partial charge in [0.25, 0.3) is 0 Å². The lowest BCUT2D eigenvalue weighted by Gasteiger charge is -2.36. The number of aryl methyl sites for hydroxylation is 1. The van der Waals surface area contributed by atoms with Gasteiger partial charge >= 0.3 is 5.97 Å². The Morgan fingerprint density at radius 1 is 1.15 bits per heavy atom. The van der Waals surface area contributed by atoms with Gasteiger partial charge in [-0.15, -0.1) is 22.8 Å². The molecule has 13 nitrogen and oxygen atoms in total. The molecule has 2 aromatic heterocycles. The molecule has 3 heterocycles. The summed E-state index contributed by atoms with van der Waals surface area (Å²) in [6.45, 7) is 15.5. The summed E-state index contributed by atoms with van der Waals surface area (Å²) in [5, 5.41) is 22.6. The Balaban J connectivity index is 1.39. The number of aliphatic carboxylic acids is 1. The number of nitrogens with one attached hydrogen (secondary N) is 2. The maximum absolute atomic E-state index is 14.7. The van der Waals surface area contributed by atoms with E-state index in [9.17, 15) is 24.4 Å². The van der Waals surface area contributed by atoms with Crippen molar-refractivity contribution < 1.29 is 29.0 Å². The zero-order valence-corrected chi connectivity index (χ0v) is 32.3. The van der Waals surface area contributed by atoms with E-state index < -0.39 is 52.8 Å². The second-order valence-electron chi connectivity index (χ2n) is 15.4. The molecule has 1 aliphatic heterocycles. The van der Waals surface area contributed by atoms with E-state index in [0.29, 0.717) is 33.8 Å². The van der Waals surface area contributed by atoms with Crippen molar-refractivity contribution in [2.75, 3.05) is 19.0 Å². The van der Waals surface area contributed by atoms with Gasteiger partial charge in [-0.25, -0.2) is 14.8 Å². The molecule has 2 amide bonds. The molecule has 0 radical (unpaired) electrons. The normalized spacial score (nSPS) is 21.4.